The van der Waals surface area contributed by atoms with Crippen molar-refractivity contribution < 1.29 is 14.3 Å². The van der Waals surface area contributed by atoms with Crippen molar-refractivity contribution in [2.75, 3.05) is 33.3 Å². The number of amides is 2. The maximum absolute atomic E-state index is 13.8. The largest absolute Gasteiger partial charge is 0.395 e. The molecule has 2 amide bonds. The lowest BCUT2D eigenvalue weighted by Gasteiger charge is -2.29. The van der Waals surface area contributed by atoms with Gasteiger partial charge in [-0.1, -0.05) is 17.7 Å². The predicted molar refractivity (Wildman–Crippen MR) is 88.1 cm³/mol. The van der Waals surface area contributed by atoms with E-state index in [-0.39, 0.29) is 29.7 Å². The number of aliphatic hydroxyl groups excluding tert-OH is 1. The summed E-state index contributed by atoms with van der Waals surface area (Å²) in [5, 5.41) is 12.1. The first-order valence-corrected chi connectivity index (χ1v) is 8.17. The van der Waals surface area contributed by atoms with Gasteiger partial charge in [0.25, 0.3) is 0 Å². The molecule has 1 aliphatic rings. The van der Waals surface area contributed by atoms with E-state index in [1.165, 1.54) is 6.07 Å². The van der Waals surface area contributed by atoms with Gasteiger partial charge in [0.05, 0.1) is 23.7 Å². The van der Waals surface area contributed by atoms with Crippen molar-refractivity contribution in [2.24, 2.45) is 0 Å². The molecule has 128 valence electrons. The summed E-state index contributed by atoms with van der Waals surface area (Å²) in [6, 6.07) is 4.35. The molecule has 1 aromatic rings. The minimum atomic E-state index is -0.454. The fourth-order valence-corrected chi connectivity index (χ4v) is 3.17. The molecule has 1 heterocycles. The molecule has 5 nitrogen and oxygen atoms in total. The summed E-state index contributed by atoms with van der Waals surface area (Å²) in [7, 11) is 1.95. The van der Waals surface area contributed by atoms with Crippen LogP contribution in [0.15, 0.2) is 18.2 Å². The number of likely N-dealkylation sites (N-methyl/N-ethyl adjacent to an activating group) is 2. The van der Waals surface area contributed by atoms with Crippen LogP contribution in [0.3, 0.4) is 0 Å². The molecular weight excluding hydrogens is 321 g/mol. The highest BCUT2D eigenvalue weighted by Gasteiger charge is 2.35. The molecule has 0 radical (unpaired) electrons. The van der Waals surface area contributed by atoms with Crippen LogP contribution in [0.5, 0.6) is 0 Å². The number of carbonyl (C=O) groups excluding carboxylic acids is 1. The maximum Gasteiger partial charge on any atom is 0.317 e. The van der Waals surface area contributed by atoms with Crippen molar-refractivity contribution in [1.29, 1.82) is 0 Å². The summed E-state index contributed by atoms with van der Waals surface area (Å²) < 4.78 is 13.8. The number of nitrogens with one attached hydrogen (secondary N) is 1. The van der Waals surface area contributed by atoms with Gasteiger partial charge in [0.2, 0.25) is 0 Å². The first-order valence-electron chi connectivity index (χ1n) is 7.79. The standard InChI is InChI=1S/C16H23ClFN3O2/c1-3-21(8-9-22)16(23)19-14-6-7-20(2)15(14)11-4-5-12(17)13(18)10-11/h4-5,10,14-15,22H,3,6-9H2,1-2H3,(H,19,23). The molecule has 23 heavy (non-hydrogen) atoms. The van der Waals surface area contributed by atoms with E-state index in [9.17, 15) is 9.18 Å². The smallest absolute Gasteiger partial charge is 0.317 e. The average Bonchev–Trinajstić information content (AvgIpc) is 2.88. The Kier molecular flexibility index (Phi) is 6.21. The molecule has 1 aliphatic heterocycles. The van der Waals surface area contributed by atoms with Crippen molar-refractivity contribution in [1.82, 2.24) is 15.1 Å². The van der Waals surface area contributed by atoms with Crippen molar-refractivity contribution >= 4 is 17.6 Å². The Labute approximate surface area is 141 Å². The van der Waals surface area contributed by atoms with Crippen LogP contribution in [0.4, 0.5) is 9.18 Å². The van der Waals surface area contributed by atoms with E-state index in [1.807, 2.05) is 14.0 Å². The number of hydrogen-bond acceptors (Lipinski definition) is 3. The second kappa shape index (κ2) is 7.95. The zero-order chi connectivity index (χ0) is 17.0. The fourth-order valence-electron chi connectivity index (χ4n) is 3.05. The molecule has 1 fully saturated rings. The van der Waals surface area contributed by atoms with Gasteiger partial charge in [0.15, 0.2) is 0 Å². The molecule has 2 N–H and O–H groups in total. The van der Waals surface area contributed by atoms with E-state index in [0.717, 1.165) is 18.5 Å². The van der Waals surface area contributed by atoms with E-state index in [4.69, 9.17) is 16.7 Å². The Morgan fingerprint density at radius 1 is 1.57 bits per heavy atom. The molecule has 1 aromatic carbocycles. The number of halogens is 2. The summed E-state index contributed by atoms with van der Waals surface area (Å²) in [6.45, 7) is 3.42. The lowest BCUT2D eigenvalue weighted by atomic mass is 10.00. The molecule has 2 rings (SSSR count). The van der Waals surface area contributed by atoms with Gasteiger partial charge in [0, 0.05) is 19.6 Å². The summed E-state index contributed by atoms with van der Waals surface area (Å²) >= 11 is 5.75. The number of nitrogens with zero attached hydrogens (tertiary/aromatic N) is 2. The van der Waals surface area contributed by atoms with Gasteiger partial charge in [-0.3, -0.25) is 4.90 Å². The lowest BCUT2D eigenvalue weighted by Crippen LogP contribution is -2.47. The summed E-state index contributed by atoms with van der Waals surface area (Å²) in [5.41, 5.74) is 0.794. The third-order valence-electron chi connectivity index (χ3n) is 4.28. The Morgan fingerprint density at radius 2 is 2.30 bits per heavy atom. The summed E-state index contributed by atoms with van der Waals surface area (Å²) in [6.07, 6.45) is 0.786. The van der Waals surface area contributed by atoms with Crippen LogP contribution in [-0.2, 0) is 0 Å². The van der Waals surface area contributed by atoms with Crippen LogP contribution >= 0.6 is 11.6 Å². The Hall–Kier alpha value is -1.37. The van der Waals surface area contributed by atoms with Crippen molar-refractivity contribution in [3.05, 3.63) is 34.6 Å². The number of likely N-dealkylation sites (tertiary alicyclic amines) is 1. The highest BCUT2D eigenvalue weighted by Crippen LogP contribution is 2.32. The van der Waals surface area contributed by atoms with Gasteiger partial charge in [-0.15, -0.1) is 0 Å². The molecule has 2 unspecified atom stereocenters. The number of urea groups is 1. The van der Waals surface area contributed by atoms with Gasteiger partial charge in [-0.2, -0.15) is 0 Å². The number of benzene rings is 1. The highest BCUT2D eigenvalue weighted by atomic mass is 35.5. The Morgan fingerprint density at radius 3 is 2.91 bits per heavy atom. The van der Waals surface area contributed by atoms with Gasteiger partial charge < -0.3 is 15.3 Å². The first kappa shape index (κ1) is 18.0. The second-order valence-electron chi connectivity index (χ2n) is 5.75. The predicted octanol–water partition coefficient (Wildman–Crippen LogP) is 2.25. The zero-order valence-electron chi connectivity index (χ0n) is 13.4. The molecule has 7 heteroatoms. The number of aliphatic hydroxyl groups is 1. The van der Waals surface area contributed by atoms with E-state index < -0.39 is 5.82 Å². The van der Waals surface area contributed by atoms with Crippen LogP contribution in [0.1, 0.15) is 24.9 Å². The SMILES string of the molecule is CCN(CCO)C(=O)NC1CCN(C)C1c1ccc(Cl)c(F)c1. The van der Waals surface area contributed by atoms with Gasteiger partial charge >= 0.3 is 6.03 Å². The molecule has 0 saturated carbocycles. The normalized spacial score (nSPS) is 21.4. The lowest BCUT2D eigenvalue weighted by molar-refractivity contribution is 0.173. The number of carbonyl (C=O) groups is 1. The van der Waals surface area contributed by atoms with Gasteiger partial charge in [0.1, 0.15) is 5.82 Å². The molecular formula is C16H23ClFN3O2. The van der Waals surface area contributed by atoms with Crippen LogP contribution in [0, 0.1) is 5.82 Å². The van der Waals surface area contributed by atoms with Crippen molar-refractivity contribution in [2.45, 2.75) is 25.4 Å². The minimum absolute atomic E-state index is 0.0718. The minimum Gasteiger partial charge on any atom is -0.395 e. The van der Waals surface area contributed by atoms with Gasteiger partial charge in [-0.25, -0.2) is 9.18 Å². The second-order valence-corrected chi connectivity index (χ2v) is 6.15. The fraction of sp³-hybridized carbons (Fsp3) is 0.562. The zero-order valence-corrected chi connectivity index (χ0v) is 14.2. The van der Waals surface area contributed by atoms with Crippen LogP contribution in [0.25, 0.3) is 0 Å². The molecule has 0 spiro atoms. The van der Waals surface area contributed by atoms with E-state index in [1.54, 1.807) is 17.0 Å². The number of rotatable bonds is 5. The quantitative estimate of drug-likeness (QED) is 0.862. The van der Waals surface area contributed by atoms with E-state index in [2.05, 4.69) is 10.2 Å². The van der Waals surface area contributed by atoms with Crippen LogP contribution in [-0.4, -0.2) is 60.3 Å². The Balaban J connectivity index is 2.14. The highest BCUT2D eigenvalue weighted by molar-refractivity contribution is 6.30. The molecule has 0 aromatic heterocycles. The molecule has 0 bridgehead atoms. The van der Waals surface area contributed by atoms with Crippen molar-refractivity contribution in [3.8, 4) is 0 Å². The van der Waals surface area contributed by atoms with E-state index >= 15 is 0 Å². The van der Waals surface area contributed by atoms with E-state index in [0.29, 0.717) is 13.1 Å². The third kappa shape index (κ3) is 4.13. The molecule has 2 atom stereocenters. The number of hydrogen-bond donors (Lipinski definition) is 2. The monoisotopic (exact) mass is 343 g/mol. The summed E-state index contributed by atoms with van der Waals surface area (Å²) in [4.78, 5) is 16.0. The van der Waals surface area contributed by atoms with Crippen molar-refractivity contribution in [3.63, 3.8) is 0 Å². The first-order chi connectivity index (χ1) is 11.0. The third-order valence-corrected chi connectivity index (χ3v) is 4.59. The molecule has 0 aliphatic carbocycles. The Bertz CT molecular complexity index is 558. The van der Waals surface area contributed by atoms with Gasteiger partial charge in [-0.05, 0) is 38.1 Å². The maximum atomic E-state index is 13.8. The topological polar surface area (TPSA) is 55.8 Å². The summed E-state index contributed by atoms with van der Waals surface area (Å²) in [5.74, 6) is -0.454. The average molecular weight is 344 g/mol. The van der Waals surface area contributed by atoms with Crippen LogP contribution in [0.2, 0.25) is 5.02 Å². The van der Waals surface area contributed by atoms with Crippen LogP contribution < -0.4 is 5.32 Å². The molecule has 1 saturated heterocycles.